The first-order valence-corrected chi connectivity index (χ1v) is 10.6. The number of carbonyl (C=O) groups is 1. The first-order valence-electron chi connectivity index (χ1n) is 6.40. The molecule has 0 aliphatic rings. The lowest BCUT2D eigenvalue weighted by atomic mass is 10.3. The number of ether oxygens (including phenoxy) is 2. The third-order valence-electron chi connectivity index (χ3n) is 2.60. The topological polar surface area (TPSA) is 110 Å². The summed E-state index contributed by atoms with van der Waals surface area (Å²) in [5.74, 6) is 0.276. The molecule has 0 saturated heterocycles. The van der Waals surface area contributed by atoms with Crippen LogP contribution in [0.15, 0.2) is 24.3 Å². The van der Waals surface area contributed by atoms with Gasteiger partial charge in [-0.3, -0.25) is 0 Å². The second-order valence-corrected chi connectivity index (χ2v) is 8.62. The fourth-order valence-corrected chi connectivity index (χ4v) is 4.11. The summed E-state index contributed by atoms with van der Waals surface area (Å²) in [5, 5.41) is 0. The van der Waals surface area contributed by atoms with Crippen molar-refractivity contribution in [2.24, 2.45) is 0 Å². The van der Waals surface area contributed by atoms with Gasteiger partial charge in [-0.1, -0.05) is 4.41 Å². The molecule has 0 fully saturated rings. The summed E-state index contributed by atoms with van der Waals surface area (Å²) in [6.45, 7) is -0.425. The van der Waals surface area contributed by atoms with Crippen LogP contribution in [-0.2, 0) is 20.0 Å². The number of sulfonamides is 2. The quantitative estimate of drug-likeness (QED) is 0.493. The van der Waals surface area contributed by atoms with Crippen molar-refractivity contribution in [1.82, 2.24) is 8.83 Å². The Morgan fingerprint density at radius 1 is 1.04 bits per heavy atom. The lowest BCUT2D eigenvalue weighted by molar-refractivity contribution is 0.125. The predicted octanol–water partition coefficient (Wildman–Crippen LogP) is 0.871. The van der Waals surface area contributed by atoms with Crippen molar-refractivity contribution >= 4 is 37.7 Å². The van der Waals surface area contributed by atoms with E-state index in [1.54, 1.807) is 0 Å². The highest BCUT2D eigenvalue weighted by Gasteiger charge is 2.37. The second kappa shape index (κ2) is 8.01. The van der Waals surface area contributed by atoms with Crippen LogP contribution in [-0.4, -0.2) is 63.8 Å². The van der Waals surface area contributed by atoms with E-state index in [0.29, 0.717) is 16.4 Å². The van der Waals surface area contributed by atoms with E-state index in [4.69, 9.17) is 21.1 Å². The van der Waals surface area contributed by atoms with E-state index >= 15 is 0 Å². The Labute approximate surface area is 145 Å². The van der Waals surface area contributed by atoms with Crippen molar-refractivity contribution in [2.45, 2.75) is 0 Å². The fraction of sp³-hybridized carbons (Fsp3) is 0.417. The minimum Gasteiger partial charge on any atom is -0.497 e. The van der Waals surface area contributed by atoms with Gasteiger partial charge in [-0.05, 0) is 24.3 Å². The van der Waals surface area contributed by atoms with Crippen molar-refractivity contribution < 1.29 is 31.1 Å². The number of hydrogen-bond acceptors (Lipinski definition) is 7. The molecule has 1 aromatic carbocycles. The Balaban J connectivity index is 3.17. The molecule has 12 heteroatoms. The molecule has 1 aromatic rings. The molecular weight excluding hydrogens is 384 g/mol. The Bertz CT molecular complexity index is 778. The van der Waals surface area contributed by atoms with Gasteiger partial charge in [0.05, 0.1) is 19.6 Å². The average molecular weight is 401 g/mol. The molecule has 0 N–H and O–H groups in total. The van der Waals surface area contributed by atoms with Gasteiger partial charge in [0.15, 0.2) is 0 Å². The molecule has 24 heavy (non-hydrogen) atoms. The standard InChI is InChI=1S/C12H17ClN2O7S2/c1-21-10-4-6-11(7-5-10)22-12(16)15(24(3,19)20)14(9-8-13)23(2,17)18/h4-7H,8-9H2,1-3H3. The Morgan fingerprint density at radius 2 is 1.54 bits per heavy atom. The van der Waals surface area contributed by atoms with Crippen LogP contribution < -0.4 is 9.47 Å². The van der Waals surface area contributed by atoms with Crippen LogP contribution in [0.3, 0.4) is 0 Å². The van der Waals surface area contributed by atoms with E-state index in [0.717, 1.165) is 6.26 Å². The summed E-state index contributed by atoms with van der Waals surface area (Å²) in [7, 11) is -6.92. The van der Waals surface area contributed by atoms with E-state index in [1.165, 1.54) is 31.4 Å². The normalized spacial score (nSPS) is 12.0. The molecule has 0 unspecified atom stereocenters. The average Bonchev–Trinajstić information content (AvgIpc) is 2.45. The Hall–Kier alpha value is -1.56. The number of rotatable bonds is 7. The highest BCUT2D eigenvalue weighted by atomic mass is 35.5. The Morgan fingerprint density at radius 3 is 1.92 bits per heavy atom. The number of benzene rings is 1. The second-order valence-electron chi connectivity index (χ2n) is 4.55. The minimum absolute atomic E-state index is 0.00812. The zero-order chi connectivity index (χ0) is 18.5. The number of hydrogen-bond donors (Lipinski definition) is 0. The summed E-state index contributed by atoms with van der Waals surface area (Å²) in [4.78, 5) is 12.2. The predicted molar refractivity (Wildman–Crippen MR) is 88.0 cm³/mol. The van der Waals surface area contributed by atoms with Crippen LogP contribution in [0.25, 0.3) is 0 Å². The van der Waals surface area contributed by atoms with Gasteiger partial charge < -0.3 is 9.47 Å². The van der Waals surface area contributed by atoms with Gasteiger partial charge in [0, 0.05) is 12.4 Å². The van der Waals surface area contributed by atoms with Crippen LogP contribution >= 0.6 is 11.6 Å². The molecule has 0 heterocycles. The lowest BCUT2D eigenvalue weighted by Crippen LogP contribution is -2.53. The molecule has 1 rings (SSSR count). The third-order valence-corrected chi connectivity index (χ3v) is 4.95. The highest BCUT2D eigenvalue weighted by Crippen LogP contribution is 2.19. The van der Waals surface area contributed by atoms with Gasteiger partial charge in [0.25, 0.3) is 10.0 Å². The molecule has 0 aromatic heterocycles. The van der Waals surface area contributed by atoms with Gasteiger partial charge in [-0.15, -0.1) is 16.0 Å². The molecule has 136 valence electrons. The SMILES string of the molecule is COc1ccc(OC(=O)N(N(CCCl)S(C)(=O)=O)S(C)(=O)=O)cc1. The molecule has 0 aliphatic heterocycles. The molecule has 0 radical (unpaired) electrons. The van der Waals surface area contributed by atoms with Crippen molar-refractivity contribution in [3.05, 3.63) is 24.3 Å². The third kappa shape index (κ3) is 5.51. The molecule has 0 spiro atoms. The van der Waals surface area contributed by atoms with E-state index in [1.807, 2.05) is 0 Å². The number of halogens is 1. The smallest absolute Gasteiger partial charge is 0.445 e. The lowest BCUT2D eigenvalue weighted by Gasteiger charge is -2.29. The van der Waals surface area contributed by atoms with Crippen LogP contribution in [0.2, 0.25) is 0 Å². The fourth-order valence-electron chi connectivity index (χ4n) is 1.64. The van der Waals surface area contributed by atoms with Crippen LogP contribution in [0.1, 0.15) is 0 Å². The van der Waals surface area contributed by atoms with Gasteiger partial charge in [0.1, 0.15) is 11.5 Å². The van der Waals surface area contributed by atoms with Gasteiger partial charge in [-0.2, -0.15) is 0 Å². The number of hydrazine groups is 1. The summed E-state index contributed by atoms with van der Waals surface area (Å²) in [6, 6.07) is 5.70. The van der Waals surface area contributed by atoms with Crippen LogP contribution in [0, 0.1) is 0 Å². The first-order chi connectivity index (χ1) is 11.0. The first kappa shape index (κ1) is 20.5. The van der Waals surface area contributed by atoms with E-state index in [2.05, 4.69) is 0 Å². The van der Waals surface area contributed by atoms with Gasteiger partial charge in [-0.25, -0.2) is 21.6 Å². The maximum Gasteiger partial charge on any atom is 0.445 e. The molecule has 0 aliphatic carbocycles. The maximum atomic E-state index is 12.2. The molecule has 1 amide bonds. The van der Waals surface area contributed by atoms with Gasteiger partial charge >= 0.3 is 6.09 Å². The maximum absolute atomic E-state index is 12.2. The van der Waals surface area contributed by atoms with Crippen molar-refractivity contribution in [2.75, 3.05) is 32.0 Å². The van der Waals surface area contributed by atoms with E-state index in [9.17, 15) is 21.6 Å². The van der Waals surface area contributed by atoms with Crippen molar-refractivity contribution in [1.29, 1.82) is 0 Å². The molecule has 9 nitrogen and oxygen atoms in total. The van der Waals surface area contributed by atoms with E-state index < -0.39 is 32.7 Å². The number of methoxy groups -OCH3 is 1. The minimum atomic E-state index is -4.28. The number of carbonyl (C=O) groups excluding carboxylic acids is 1. The highest BCUT2D eigenvalue weighted by molar-refractivity contribution is 7.91. The summed E-state index contributed by atoms with van der Waals surface area (Å²) in [6.07, 6.45) is 0.0193. The molecule has 0 atom stereocenters. The summed E-state index contributed by atoms with van der Waals surface area (Å²) < 4.78 is 57.6. The summed E-state index contributed by atoms with van der Waals surface area (Å²) in [5.41, 5.74) is 0. The molecule has 0 saturated carbocycles. The molecular formula is C12H17ClN2O7S2. The largest absolute Gasteiger partial charge is 0.497 e. The van der Waals surface area contributed by atoms with E-state index in [-0.39, 0.29) is 16.0 Å². The zero-order valence-electron chi connectivity index (χ0n) is 13.2. The number of alkyl halides is 1. The monoisotopic (exact) mass is 400 g/mol. The van der Waals surface area contributed by atoms with Crippen molar-refractivity contribution in [3.63, 3.8) is 0 Å². The van der Waals surface area contributed by atoms with Crippen LogP contribution in [0.5, 0.6) is 11.5 Å². The Kier molecular flexibility index (Phi) is 6.84. The molecule has 0 bridgehead atoms. The van der Waals surface area contributed by atoms with Gasteiger partial charge in [0.2, 0.25) is 10.0 Å². The zero-order valence-corrected chi connectivity index (χ0v) is 15.6. The summed E-state index contributed by atoms with van der Waals surface area (Å²) >= 11 is 5.50. The number of nitrogens with zero attached hydrogens (tertiary/aromatic N) is 2. The van der Waals surface area contributed by atoms with Crippen LogP contribution in [0.4, 0.5) is 4.79 Å². The number of amides is 1. The van der Waals surface area contributed by atoms with Crippen molar-refractivity contribution in [3.8, 4) is 11.5 Å².